The standard InChI is InChI=1S/C11H15N5S/c1-3-10(7-12-4-1)8-13-5-2-6-14-11-15-9-16-17-11/h1,3-4,7,9,13H,2,5-6,8H2,(H,14,15,16). The number of hydrogen-bond donors (Lipinski definition) is 2. The highest BCUT2D eigenvalue weighted by Gasteiger charge is 1.94. The average Bonchev–Trinajstić information content (AvgIpc) is 2.88. The molecule has 5 nitrogen and oxygen atoms in total. The number of hydrogen-bond acceptors (Lipinski definition) is 6. The summed E-state index contributed by atoms with van der Waals surface area (Å²) in [5, 5.41) is 7.47. The quantitative estimate of drug-likeness (QED) is 0.729. The van der Waals surface area contributed by atoms with E-state index in [9.17, 15) is 0 Å². The first-order valence-corrected chi connectivity index (χ1v) is 6.32. The average molecular weight is 249 g/mol. The van der Waals surface area contributed by atoms with Crippen LogP contribution in [0.3, 0.4) is 0 Å². The maximum Gasteiger partial charge on any atom is 0.202 e. The van der Waals surface area contributed by atoms with Crippen LogP contribution in [0.2, 0.25) is 0 Å². The molecule has 0 saturated heterocycles. The summed E-state index contributed by atoms with van der Waals surface area (Å²) in [6.45, 7) is 2.75. The second-order valence-corrected chi connectivity index (χ2v) is 4.34. The summed E-state index contributed by atoms with van der Waals surface area (Å²) in [4.78, 5) is 8.12. The Morgan fingerprint density at radius 2 is 2.29 bits per heavy atom. The molecular weight excluding hydrogens is 234 g/mol. The van der Waals surface area contributed by atoms with Crippen LogP contribution in [0.25, 0.3) is 0 Å². The van der Waals surface area contributed by atoms with Gasteiger partial charge >= 0.3 is 0 Å². The highest BCUT2D eigenvalue weighted by molar-refractivity contribution is 7.09. The van der Waals surface area contributed by atoms with E-state index in [4.69, 9.17) is 0 Å². The number of rotatable bonds is 7. The molecule has 0 aromatic carbocycles. The van der Waals surface area contributed by atoms with Crippen molar-refractivity contribution >= 4 is 16.7 Å². The van der Waals surface area contributed by atoms with E-state index in [0.717, 1.165) is 31.2 Å². The van der Waals surface area contributed by atoms with Crippen molar-refractivity contribution in [2.24, 2.45) is 0 Å². The number of nitrogens with zero attached hydrogens (tertiary/aromatic N) is 3. The highest BCUT2D eigenvalue weighted by atomic mass is 32.1. The third-order valence-electron chi connectivity index (χ3n) is 2.22. The highest BCUT2D eigenvalue weighted by Crippen LogP contribution is 2.05. The molecule has 0 radical (unpaired) electrons. The van der Waals surface area contributed by atoms with Gasteiger partial charge in [-0.25, -0.2) is 4.98 Å². The SMILES string of the molecule is c1cncc(CNCCCNc2ncns2)c1. The van der Waals surface area contributed by atoms with Crippen LogP contribution in [-0.4, -0.2) is 27.4 Å². The molecule has 2 aromatic rings. The Morgan fingerprint density at radius 3 is 3.06 bits per heavy atom. The maximum atomic E-state index is 4.07. The van der Waals surface area contributed by atoms with Crippen molar-refractivity contribution in [1.82, 2.24) is 19.7 Å². The summed E-state index contributed by atoms with van der Waals surface area (Å²) in [7, 11) is 0. The van der Waals surface area contributed by atoms with Crippen LogP contribution in [0.5, 0.6) is 0 Å². The molecule has 2 rings (SSSR count). The molecule has 0 saturated carbocycles. The molecule has 0 aliphatic rings. The van der Waals surface area contributed by atoms with Gasteiger partial charge in [0.05, 0.1) is 0 Å². The Balaban J connectivity index is 1.52. The monoisotopic (exact) mass is 249 g/mol. The van der Waals surface area contributed by atoms with Crippen LogP contribution in [0, 0.1) is 0 Å². The molecule has 0 fully saturated rings. The van der Waals surface area contributed by atoms with Gasteiger partial charge in [0.1, 0.15) is 6.33 Å². The summed E-state index contributed by atoms with van der Waals surface area (Å²) in [6, 6.07) is 4.02. The summed E-state index contributed by atoms with van der Waals surface area (Å²) in [6.07, 6.45) is 6.29. The molecule has 0 amide bonds. The fraction of sp³-hybridized carbons (Fsp3) is 0.364. The van der Waals surface area contributed by atoms with Crippen LogP contribution in [0.15, 0.2) is 30.9 Å². The van der Waals surface area contributed by atoms with Gasteiger partial charge in [0.15, 0.2) is 0 Å². The largest absolute Gasteiger partial charge is 0.360 e. The molecule has 0 aliphatic heterocycles. The molecule has 0 bridgehead atoms. The van der Waals surface area contributed by atoms with Crippen molar-refractivity contribution in [2.45, 2.75) is 13.0 Å². The second-order valence-electron chi connectivity index (χ2n) is 3.56. The normalized spacial score (nSPS) is 10.4. The van der Waals surface area contributed by atoms with E-state index in [0.29, 0.717) is 0 Å². The first kappa shape index (κ1) is 11.9. The van der Waals surface area contributed by atoms with Gasteiger partial charge in [0.2, 0.25) is 5.13 Å². The number of aromatic nitrogens is 3. The van der Waals surface area contributed by atoms with Crippen molar-refractivity contribution < 1.29 is 0 Å². The molecule has 2 aromatic heterocycles. The smallest absolute Gasteiger partial charge is 0.202 e. The van der Waals surface area contributed by atoms with E-state index in [1.165, 1.54) is 17.1 Å². The zero-order chi connectivity index (χ0) is 11.8. The number of pyridine rings is 1. The van der Waals surface area contributed by atoms with Crippen LogP contribution in [0.1, 0.15) is 12.0 Å². The van der Waals surface area contributed by atoms with E-state index < -0.39 is 0 Å². The Labute approximate surface area is 104 Å². The first-order valence-electron chi connectivity index (χ1n) is 5.55. The van der Waals surface area contributed by atoms with Gasteiger partial charge in [-0.2, -0.15) is 4.37 Å². The zero-order valence-corrected chi connectivity index (χ0v) is 10.3. The van der Waals surface area contributed by atoms with E-state index in [-0.39, 0.29) is 0 Å². The minimum Gasteiger partial charge on any atom is -0.360 e. The van der Waals surface area contributed by atoms with Crippen LogP contribution in [-0.2, 0) is 6.54 Å². The Kier molecular flexibility index (Phi) is 4.86. The predicted octanol–water partition coefficient (Wildman–Crippen LogP) is 1.52. The second kappa shape index (κ2) is 6.93. The molecule has 6 heteroatoms. The fourth-order valence-corrected chi connectivity index (χ4v) is 1.85. The minimum atomic E-state index is 0.868. The minimum absolute atomic E-state index is 0.868. The van der Waals surface area contributed by atoms with E-state index in [1.54, 1.807) is 12.5 Å². The molecular formula is C11H15N5S. The predicted molar refractivity (Wildman–Crippen MR) is 69.0 cm³/mol. The van der Waals surface area contributed by atoms with Gasteiger partial charge in [0, 0.05) is 37.0 Å². The van der Waals surface area contributed by atoms with Gasteiger partial charge in [0.25, 0.3) is 0 Å². The maximum absolute atomic E-state index is 4.07. The zero-order valence-electron chi connectivity index (χ0n) is 9.47. The number of anilines is 1. The summed E-state index contributed by atoms with van der Waals surface area (Å²) in [5.74, 6) is 0. The lowest BCUT2D eigenvalue weighted by Gasteiger charge is -2.04. The van der Waals surface area contributed by atoms with Crippen LogP contribution in [0.4, 0.5) is 5.13 Å². The molecule has 17 heavy (non-hydrogen) atoms. The molecule has 2 heterocycles. The van der Waals surface area contributed by atoms with E-state index >= 15 is 0 Å². The molecule has 0 aliphatic carbocycles. The van der Waals surface area contributed by atoms with Gasteiger partial charge in [-0.3, -0.25) is 4.98 Å². The lowest BCUT2D eigenvalue weighted by Crippen LogP contribution is -2.17. The topological polar surface area (TPSA) is 62.7 Å². The number of nitrogens with one attached hydrogen (secondary N) is 2. The lowest BCUT2D eigenvalue weighted by atomic mass is 10.3. The molecule has 2 N–H and O–H groups in total. The third kappa shape index (κ3) is 4.46. The Morgan fingerprint density at radius 1 is 1.29 bits per heavy atom. The van der Waals surface area contributed by atoms with Crippen molar-refractivity contribution in [2.75, 3.05) is 18.4 Å². The molecule has 0 atom stereocenters. The Hall–Kier alpha value is -1.53. The van der Waals surface area contributed by atoms with Crippen LogP contribution < -0.4 is 10.6 Å². The van der Waals surface area contributed by atoms with Crippen molar-refractivity contribution in [3.8, 4) is 0 Å². The lowest BCUT2D eigenvalue weighted by molar-refractivity contribution is 0.662. The summed E-state index contributed by atoms with van der Waals surface area (Å²) in [5.41, 5.74) is 1.21. The Bertz CT molecular complexity index is 403. The van der Waals surface area contributed by atoms with Crippen molar-refractivity contribution in [3.63, 3.8) is 0 Å². The summed E-state index contributed by atoms with van der Waals surface area (Å²) >= 11 is 1.38. The molecule has 0 spiro atoms. The third-order valence-corrected chi connectivity index (χ3v) is 2.84. The van der Waals surface area contributed by atoms with Gasteiger partial charge < -0.3 is 10.6 Å². The fourth-order valence-electron chi connectivity index (χ4n) is 1.40. The van der Waals surface area contributed by atoms with E-state index in [1.807, 2.05) is 12.3 Å². The van der Waals surface area contributed by atoms with Crippen molar-refractivity contribution in [3.05, 3.63) is 36.4 Å². The molecule has 0 unspecified atom stereocenters. The molecule has 90 valence electrons. The van der Waals surface area contributed by atoms with Gasteiger partial charge in [-0.05, 0) is 24.6 Å². The summed E-state index contributed by atoms with van der Waals surface area (Å²) < 4.78 is 3.92. The van der Waals surface area contributed by atoms with E-state index in [2.05, 4.69) is 31.0 Å². The first-order chi connectivity index (χ1) is 8.45. The van der Waals surface area contributed by atoms with Gasteiger partial charge in [-0.15, -0.1) is 0 Å². The van der Waals surface area contributed by atoms with Gasteiger partial charge in [-0.1, -0.05) is 6.07 Å². The van der Waals surface area contributed by atoms with Crippen molar-refractivity contribution in [1.29, 1.82) is 0 Å². The van der Waals surface area contributed by atoms with Crippen LogP contribution >= 0.6 is 11.5 Å².